The van der Waals surface area contributed by atoms with Crippen LogP contribution in [0.5, 0.6) is 0 Å². The fourth-order valence-electron chi connectivity index (χ4n) is 1.00. The molecule has 7 heteroatoms. The van der Waals surface area contributed by atoms with Crippen molar-refractivity contribution in [1.82, 2.24) is 5.32 Å². The number of aliphatic hydroxyl groups excluding tert-OH is 1. The minimum absolute atomic E-state index is 0.119. The molecule has 1 amide bonds. The van der Waals surface area contributed by atoms with Gasteiger partial charge in [0.25, 0.3) is 11.8 Å². The van der Waals surface area contributed by atoms with Crippen molar-refractivity contribution in [3.05, 3.63) is 33.8 Å². The van der Waals surface area contributed by atoms with E-state index < -0.39 is 25.0 Å². The number of amides is 1. The summed E-state index contributed by atoms with van der Waals surface area (Å²) in [6, 6.07) is 4.03. The number of hydrogen-bond donors (Lipinski definition) is 2. The van der Waals surface area contributed by atoms with E-state index in [9.17, 15) is 13.6 Å². The second-order valence-corrected chi connectivity index (χ2v) is 4.14. The Morgan fingerprint density at radius 3 is 2.53 bits per heavy atom. The maximum Gasteiger partial charge on any atom is 0.287 e. The minimum atomic E-state index is -3.34. The number of hydrogen-bond acceptors (Lipinski definition) is 2. The highest BCUT2D eigenvalue weighted by atomic mass is 35.5. The molecule has 1 aromatic rings. The van der Waals surface area contributed by atoms with Gasteiger partial charge in [-0.3, -0.25) is 4.79 Å². The van der Waals surface area contributed by atoms with Crippen LogP contribution in [0.4, 0.5) is 8.78 Å². The van der Waals surface area contributed by atoms with Crippen LogP contribution in [0.25, 0.3) is 0 Å². The van der Waals surface area contributed by atoms with E-state index in [0.717, 1.165) is 0 Å². The summed E-state index contributed by atoms with van der Waals surface area (Å²) in [5.41, 5.74) is 0.119. The van der Waals surface area contributed by atoms with Gasteiger partial charge in [-0.15, -0.1) is 0 Å². The lowest BCUT2D eigenvalue weighted by Gasteiger charge is -2.14. The Morgan fingerprint density at radius 2 is 2.00 bits per heavy atom. The molecular weight excluding hydrogens is 275 g/mol. The monoisotopic (exact) mass is 283 g/mol. The third kappa shape index (κ3) is 4.11. The van der Waals surface area contributed by atoms with Gasteiger partial charge in [0.15, 0.2) is 0 Å². The van der Waals surface area contributed by atoms with Gasteiger partial charge in [0.05, 0.1) is 16.6 Å². The van der Waals surface area contributed by atoms with E-state index in [2.05, 4.69) is 0 Å². The Morgan fingerprint density at radius 1 is 1.35 bits per heavy atom. The number of benzene rings is 1. The maximum absolute atomic E-state index is 12.7. The summed E-state index contributed by atoms with van der Waals surface area (Å²) >= 11 is 11.3. The van der Waals surface area contributed by atoms with Gasteiger partial charge >= 0.3 is 0 Å². The smallest absolute Gasteiger partial charge is 0.287 e. The van der Waals surface area contributed by atoms with Gasteiger partial charge in [-0.05, 0) is 18.2 Å². The van der Waals surface area contributed by atoms with Crippen LogP contribution < -0.4 is 5.32 Å². The van der Waals surface area contributed by atoms with Crippen LogP contribution in [-0.2, 0) is 0 Å². The lowest BCUT2D eigenvalue weighted by molar-refractivity contribution is -0.0462. The molecule has 1 aromatic carbocycles. The third-order valence-corrected chi connectivity index (χ3v) is 2.66. The number of nitrogens with one attached hydrogen (secondary N) is 1. The maximum atomic E-state index is 12.7. The molecule has 0 atom stereocenters. The first kappa shape index (κ1) is 14.2. The van der Waals surface area contributed by atoms with Gasteiger partial charge in [-0.1, -0.05) is 23.2 Å². The topological polar surface area (TPSA) is 49.3 Å². The van der Waals surface area contributed by atoms with Crippen molar-refractivity contribution in [2.24, 2.45) is 0 Å². The number of rotatable bonds is 4. The van der Waals surface area contributed by atoms with Crippen molar-refractivity contribution in [3.63, 3.8) is 0 Å². The lowest BCUT2D eigenvalue weighted by atomic mass is 10.2. The van der Waals surface area contributed by atoms with Crippen molar-refractivity contribution in [3.8, 4) is 0 Å². The van der Waals surface area contributed by atoms with Crippen LogP contribution >= 0.6 is 23.2 Å². The summed E-state index contributed by atoms with van der Waals surface area (Å²) in [5.74, 6) is -4.05. The fraction of sp³-hybridized carbons (Fsp3) is 0.300. The van der Waals surface area contributed by atoms with Crippen LogP contribution in [0, 0.1) is 0 Å². The van der Waals surface area contributed by atoms with E-state index in [-0.39, 0.29) is 15.6 Å². The van der Waals surface area contributed by atoms with Crippen molar-refractivity contribution in [2.75, 3.05) is 13.2 Å². The van der Waals surface area contributed by atoms with Gasteiger partial charge in [0.1, 0.15) is 6.61 Å². The van der Waals surface area contributed by atoms with E-state index in [1.165, 1.54) is 18.2 Å². The number of halogens is 4. The highest BCUT2D eigenvalue weighted by Gasteiger charge is 2.28. The van der Waals surface area contributed by atoms with Crippen molar-refractivity contribution >= 4 is 29.1 Å². The van der Waals surface area contributed by atoms with Crippen LogP contribution in [0.1, 0.15) is 10.4 Å². The van der Waals surface area contributed by atoms with Crippen LogP contribution in [0.15, 0.2) is 18.2 Å². The average molecular weight is 284 g/mol. The van der Waals surface area contributed by atoms with E-state index >= 15 is 0 Å². The molecule has 17 heavy (non-hydrogen) atoms. The zero-order valence-corrected chi connectivity index (χ0v) is 10.0. The molecule has 0 bridgehead atoms. The summed E-state index contributed by atoms with van der Waals surface area (Å²) in [6.07, 6.45) is 0. The molecule has 0 aliphatic heterocycles. The van der Waals surface area contributed by atoms with E-state index in [1.54, 1.807) is 0 Å². The van der Waals surface area contributed by atoms with Crippen LogP contribution in [0.3, 0.4) is 0 Å². The Bertz CT molecular complexity index is 427. The summed E-state index contributed by atoms with van der Waals surface area (Å²) < 4.78 is 25.3. The van der Waals surface area contributed by atoms with Crippen molar-refractivity contribution in [2.45, 2.75) is 5.92 Å². The second kappa shape index (κ2) is 5.62. The molecule has 0 unspecified atom stereocenters. The van der Waals surface area contributed by atoms with Crippen molar-refractivity contribution in [1.29, 1.82) is 0 Å². The highest BCUT2D eigenvalue weighted by Crippen LogP contribution is 2.22. The molecule has 0 aliphatic carbocycles. The Kier molecular flexibility index (Phi) is 4.68. The SMILES string of the molecule is O=C(NCC(F)(F)CO)c1ccc(Cl)c(Cl)c1. The van der Waals surface area contributed by atoms with E-state index in [4.69, 9.17) is 28.3 Å². The first-order valence-corrected chi connectivity index (χ1v) is 5.33. The summed E-state index contributed by atoms with van der Waals surface area (Å²) in [7, 11) is 0. The predicted molar refractivity (Wildman–Crippen MR) is 60.8 cm³/mol. The van der Waals surface area contributed by atoms with Gasteiger partial charge in [-0.2, -0.15) is 0 Å². The van der Waals surface area contributed by atoms with Crippen LogP contribution in [-0.4, -0.2) is 30.1 Å². The largest absolute Gasteiger partial charge is 0.390 e. The first-order chi connectivity index (χ1) is 7.85. The molecule has 0 aliphatic rings. The molecule has 94 valence electrons. The second-order valence-electron chi connectivity index (χ2n) is 3.33. The zero-order valence-electron chi connectivity index (χ0n) is 8.51. The number of alkyl halides is 2. The predicted octanol–water partition coefficient (Wildman–Crippen LogP) is 2.35. The molecule has 0 fully saturated rings. The Hall–Kier alpha value is -0.910. The molecule has 0 saturated heterocycles. The number of carbonyl (C=O) groups is 1. The Balaban J connectivity index is 2.68. The van der Waals surface area contributed by atoms with E-state index in [0.29, 0.717) is 0 Å². The third-order valence-electron chi connectivity index (χ3n) is 1.92. The van der Waals surface area contributed by atoms with Gasteiger partial charge in [0.2, 0.25) is 0 Å². The average Bonchev–Trinajstić information content (AvgIpc) is 2.30. The lowest BCUT2D eigenvalue weighted by Crippen LogP contribution is -2.38. The highest BCUT2D eigenvalue weighted by molar-refractivity contribution is 6.42. The van der Waals surface area contributed by atoms with Gasteiger partial charge in [-0.25, -0.2) is 8.78 Å². The normalized spacial score (nSPS) is 11.4. The molecule has 0 aromatic heterocycles. The fourth-order valence-corrected chi connectivity index (χ4v) is 1.30. The summed E-state index contributed by atoms with van der Waals surface area (Å²) in [4.78, 5) is 11.4. The van der Waals surface area contributed by atoms with Crippen molar-refractivity contribution < 1.29 is 18.7 Å². The number of aliphatic hydroxyl groups is 1. The van der Waals surface area contributed by atoms with Crippen LogP contribution in [0.2, 0.25) is 10.0 Å². The molecule has 0 heterocycles. The Labute approximate surface area is 106 Å². The minimum Gasteiger partial charge on any atom is -0.390 e. The zero-order chi connectivity index (χ0) is 13.1. The van der Waals surface area contributed by atoms with Gasteiger partial charge in [0, 0.05) is 5.56 Å². The first-order valence-electron chi connectivity index (χ1n) is 4.57. The molecule has 3 nitrogen and oxygen atoms in total. The standard InChI is InChI=1S/C10H9Cl2F2NO2/c11-7-2-1-6(3-8(7)12)9(17)15-4-10(13,14)5-16/h1-3,16H,4-5H2,(H,15,17). The summed E-state index contributed by atoms with van der Waals surface area (Å²) in [6.45, 7) is -2.27. The molecule has 0 saturated carbocycles. The molecular formula is C10H9Cl2F2NO2. The van der Waals surface area contributed by atoms with E-state index in [1.807, 2.05) is 5.32 Å². The quantitative estimate of drug-likeness (QED) is 0.891. The molecule has 0 spiro atoms. The number of carbonyl (C=O) groups excluding carboxylic acids is 1. The summed E-state index contributed by atoms with van der Waals surface area (Å²) in [5, 5.41) is 10.7. The molecule has 0 radical (unpaired) electrons. The van der Waals surface area contributed by atoms with Gasteiger partial charge < -0.3 is 10.4 Å². The molecule has 2 N–H and O–H groups in total. The molecule has 1 rings (SSSR count).